The predicted octanol–water partition coefficient (Wildman–Crippen LogP) is 3.38. The Labute approximate surface area is 127 Å². The van der Waals surface area contributed by atoms with Gasteiger partial charge in [0.05, 0.1) is 20.3 Å². The Bertz CT molecular complexity index is 424. The molecule has 4 nitrogen and oxygen atoms in total. The largest absolute Gasteiger partial charge is 0.466 e. The van der Waals surface area contributed by atoms with Gasteiger partial charge < -0.3 is 14.2 Å². The number of esters is 1. The summed E-state index contributed by atoms with van der Waals surface area (Å²) < 4.78 is 16.3. The monoisotopic (exact) mass is 294 g/mol. The van der Waals surface area contributed by atoms with Crippen LogP contribution in [0.15, 0.2) is 23.8 Å². The molecule has 4 heteroatoms. The van der Waals surface area contributed by atoms with E-state index in [1.54, 1.807) is 0 Å². The van der Waals surface area contributed by atoms with Gasteiger partial charge >= 0.3 is 5.97 Å². The summed E-state index contributed by atoms with van der Waals surface area (Å²) in [6.07, 6.45) is 10.7. The first-order valence-electron chi connectivity index (χ1n) is 7.69. The van der Waals surface area contributed by atoms with E-state index in [2.05, 4.69) is 24.7 Å². The molecule has 0 unspecified atom stereocenters. The van der Waals surface area contributed by atoms with Crippen LogP contribution in [0.25, 0.3) is 0 Å². The van der Waals surface area contributed by atoms with Crippen LogP contribution in [0.4, 0.5) is 0 Å². The van der Waals surface area contributed by atoms with Crippen LogP contribution in [0.2, 0.25) is 0 Å². The summed E-state index contributed by atoms with van der Waals surface area (Å²) in [5.74, 6) is -0.660. The number of unbranched alkanes of at least 4 members (excludes halogenated alkanes) is 3. The minimum absolute atomic E-state index is 0.130. The van der Waals surface area contributed by atoms with Crippen LogP contribution in [0.3, 0.4) is 0 Å². The van der Waals surface area contributed by atoms with Crippen molar-refractivity contribution < 1.29 is 19.0 Å². The molecule has 0 aromatic heterocycles. The van der Waals surface area contributed by atoms with Gasteiger partial charge in [-0.3, -0.25) is 0 Å². The second-order valence-electron chi connectivity index (χ2n) is 6.61. The van der Waals surface area contributed by atoms with Crippen molar-refractivity contribution in [3.05, 3.63) is 23.8 Å². The first kappa shape index (κ1) is 16.2. The molecule has 0 radical (unpaired) electrons. The van der Waals surface area contributed by atoms with Gasteiger partial charge in [0.25, 0.3) is 0 Å². The predicted molar refractivity (Wildman–Crippen MR) is 80.7 cm³/mol. The van der Waals surface area contributed by atoms with E-state index in [1.165, 1.54) is 18.8 Å². The van der Waals surface area contributed by atoms with Gasteiger partial charge in [0.2, 0.25) is 0 Å². The van der Waals surface area contributed by atoms with E-state index in [0.717, 1.165) is 45.3 Å². The third kappa shape index (κ3) is 4.68. The Morgan fingerprint density at radius 3 is 2.57 bits per heavy atom. The van der Waals surface area contributed by atoms with Crippen molar-refractivity contribution in [1.82, 2.24) is 0 Å². The van der Waals surface area contributed by atoms with E-state index in [1.807, 2.05) is 6.08 Å². The van der Waals surface area contributed by atoms with Crippen molar-refractivity contribution >= 4 is 5.97 Å². The number of carbonyl (C=O) groups excluding carboxylic acids is 1. The van der Waals surface area contributed by atoms with Crippen molar-refractivity contribution in [3.63, 3.8) is 0 Å². The van der Waals surface area contributed by atoms with Gasteiger partial charge in [0.15, 0.2) is 5.79 Å². The van der Waals surface area contributed by atoms with Crippen LogP contribution >= 0.6 is 0 Å². The van der Waals surface area contributed by atoms with Gasteiger partial charge in [-0.25, -0.2) is 4.79 Å². The van der Waals surface area contributed by atoms with Crippen LogP contribution < -0.4 is 0 Å². The summed E-state index contributed by atoms with van der Waals surface area (Å²) in [4.78, 5) is 10.9. The number of hydrogen-bond acceptors (Lipinski definition) is 4. The number of allylic oxidation sites excluding steroid dienone is 2. The highest BCUT2D eigenvalue weighted by atomic mass is 16.7. The Hall–Kier alpha value is -1.13. The van der Waals surface area contributed by atoms with Crippen LogP contribution in [0, 0.1) is 5.41 Å². The van der Waals surface area contributed by atoms with Crippen LogP contribution in [-0.2, 0) is 19.0 Å². The fourth-order valence-corrected chi connectivity index (χ4v) is 2.36. The van der Waals surface area contributed by atoms with Gasteiger partial charge in [-0.1, -0.05) is 26.0 Å². The van der Waals surface area contributed by atoms with Gasteiger partial charge in [0, 0.05) is 17.9 Å². The fraction of sp³-hybridized carbons (Fsp3) is 0.706. The molecule has 0 aromatic rings. The summed E-state index contributed by atoms with van der Waals surface area (Å²) in [7, 11) is 1.39. The van der Waals surface area contributed by atoms with Gasteiger partial charge in [0.1, 0.15) is 0 Å². The Kier molecular flexibility index (Phi) is 5.22. The lowest BCUT2D eigenvalue weighted by Crippen LogP contribution is -2.39. The average molecular weight is 294 g/mol. The summed E-state index contributed by atoms with van der Waals surface area (Å²) >= 11 is 0. The Morgan fingerprint density at radius 1 is 1.24 bits per heavy atom. The lowest BCUT2D eigenvalue weighted by Gasteiger charge is -2.34. The third-order valence-corrected chi connectivity index (χ3v) is 3.85. The molecule has 1 heterocycles. The molecule has 118 valence electrons. The number of hydrogen-bond donors (Lipinski definition) is 0. The summed E-state index contributed by atoms with van der Waals surface area (Å²) in [5, 5.41) is 0. The minimum Gasteiger partial charge on any atom is -0.466 e. The maximum atomic E-state index is 10.9. The highest BCUT2D eigenvalue weighted by Crippen LogP contribution is 2.51. The first-order valence-corrected chi connectivity index (χ1v) is 7.69. The first-order chi connectivity index (χ1) is 9.97. The highest BCUT2D eigenvalue weighted by molar-refractivity contribution is 5.81. The molecule has 0 N–H and O–H groups in total. The molecule has 1 saturated carbocycles. The van der Waals surface area contributed by atoms with Crippen molar-refractivity contribution in [1.29, 1.82) is 0 Å². The maximum Gasteiger partial charge on any atom is 0.330 e. The van der Waals surface area contributed by atoms with Gasteiger partial charge in [-0.05, 0) is 31.3 Å². The zero-order valence-corrected chi connectivity index (χ0v) is 13.3. The Morgan fingerprint density at radius 2 is 1.90 bits per heavy atom. The lowest BCUT2D eigenvalue weighted by atomic mass is 9.95. The molecule has 0 atom stereocenters. The molecule has 1 aliphatic carbocycles. The van der Waals surface area contributed by atoms with Crippen LogP contribution in [0.1, 0.15) is 46.0 Å². The Balaban J connectivity index is 1.60. The minimum atomic E-state index is -0.375. The normalized spacial score (nSPS) is 24.6. The number of ether oxygens (including phenoxy) is 3. The van der Waals surface area contributed by atoms with E-state index in [9.17, 15) is 4.79 Å². The molecule has 0 bridgehead atoms. The fourth-order valence-electron chi connectivity index (χ4n) is 2.36. The van der Waals surface area contributed by atoms with Crippen molar-refractivity contribution in [3.8, 4) is 0 Å². The summed E-state index contributed by atoms with van der Waals surface area (Å²) in [5.41, 5.74) is 1.42. The quantitative estimate of drug-likeness (QED) is 0.326. The standard InChI is InChI=1S/C17H26O4/c1-16(2)12-20-17(21-13-16)11-14(17)9-7-5-4-6-8-10-15(18)19-3/h8-10H,4-7,11-13H2,1-3H3/b10-8+,14-9+. The van der Waals surface area contributed by atoms with E-state index in [-0.39, 0.29) is 17.2 Å². The molecule has 21 heavy (non-hydrogen) atoms. The SMILES string of the molecule is COC(=O)/C=C/CCCC/C=C1\CC12OCC(C)(C)CO2. The van der Waals surface area contributed by atoms with Gasteiger partial charge in [-0.15, -0.1) is 0 Å². The topological polar surface area (TPSA) is 44.8 Å². The van der Waals surface area contributed by atoms with Gasteiger partial charge in [-0.2, -0.15) is 0 Å². The van der Waals surface area contributed by atoms with Crippen molar-refractivity contribution in [2.75, 3.05) is 20.3 Å². The summed E-state index contributed by atoms with van der Waals surface area (Å²) in [6, 6.07) is 0. The van der Waals surface area contributed by atoms with Crippen LogP contribution in [-0.4, -0.2) is 32.1 Å². The number of carbonyl (C=O) groups is 1. The van der Waals surface area contributed by atoms with E-state index >= 15 is 0 Å². The molecule has 1 spiro atoms. The molecule has 1 aliphatic heterocycles. The van der Waals surface area contributed by atoms with E-state index in [4.69, 9.17) is 9.47 Å². The zero-order valence-electron chi connectivity index (χ0n) is 13.3. The van der Waals surface area contributed by atoms with Crippen molar-refractivity contribution in [2.45, 2.75) is 51.7 Å². The molecule has 1 saturated heterocycles. The molecule has 2 fully saturated rings. The molecular weight excluding hydrogens is 268 g/mol. The number of rotatable bonds is 6. The van der Waals surface area contributed by atoms with Crippen molar-refractivity contribution in [2.24, 2.45) is 5.41 Å². The summed E-state index contributed by atoms with van der Waals surface area (Å²) in [6.45, 7) is 5.85. The molecule has 2 rings (SSSR count). The van der Waals surface area contributed by atoms with E-state index in [0.29, 0.717) is 0 Å². The molecular formula is C17H26O4. The second-order valence-corrected chi connectivity index (χ2v) is 6.61. The zero-order chi connectivity index (χ0) is 15.3. The van der Waals surface area contributed by atoms with E-state index < -0.39 is 0 Å². The smallest absolute Gasteiger partial charge is 0.330 e. The highest BCUT2D eigenvalue weighted by Gasteiger charge is 2.55. The molecule has 0 aromatic carbocycles. The number of methoxy groups -OCH3 is 1. The molecule has 2 aliphatic rings. The third-order valence-electron chi connectivity index (χ3n) is 3.85. The lowest BCUT2D eigenvalue weighted by molar-refractivity contribution is -0.233. The average Bonchev–Trinajstić information content (AvgIpc) is 3.14. The second kappa shape index (κ2) is 6.75. The molecule has 0 amide bonds. The maximum absolute atomic E-state index is 10.9. The van der Waals surface area contributed by atoms with Crippen LogP contribution in [0.5, 0.6) is 0 Å².